The highest BCUT2D eigenvalue weighted by molar-refractivity contribution is 7.99. The van der Waals surface area contributed by atoms with Crippen molar-refractivity contribution in [1.82, 2.24) is 20.3 Å². The highest BCUT2D eigenvalue weighted by atomic mass is 32.2. The molecule has 0 spiro atoms. The third-order valence-electron chi connectivity index (χ3n) is 7.89. The number of nitrogens with one attached hydrogen (secondary N) is 1. The number of hydrogen-bond acceptors (Lipinski definition) is 8. The van der Waals surface area contributed by atoms with Crippen molar-refractivity contribution in [2.45, 2.75) is 28.1 Å². The number of pyridine rings is 1. The summed E-state index contributed by atoms with van der Waals surface area (Å²) in [4.78, 5) is 26.8. The van der Waals surface area contributed by atoms with E-state index in [1.165, 1.54) is 18.3 Å². The quantitative estimate of drug-likeness (QED) is 0.274. The average molecular weight is 593 g/mol. The highest BCUT2D eigenvalue weighted by Crippen LogP contribution is 2.64. The van der Waals surface area contributed by atoms with E-state index in [1.807, 2.05) is 48.5 Å². The number of nitrogens with two attached hydrogens (primary N) is 1. The molecule has 2 atom stereocenters. The number of ether oxygens (including phenoxy) is 1. The van der Waals surface area contributed by atoms with Crippen LogP contribution in [0.4, 0.5) is 29.6 Å². The molecule has 0 bridgehead atoms. The molecular formula is C30H27F3N6O2S. The number of carbonyl (C=O) groups is 1. The third kappa shape index (κ3) is 5.46. The van der Waals surface area contributed by atoms with E-state index in [4.69, 9.17) is 10.5 Å². The number of benzene rings is 2. The maximum absolute atomic E-state index is 13.4. The van der Waals surface area contributed by atoms with Gasteiger partial charge in [-0.15, -0.1) is 0 Å². The van der Waals surface area contributed by atoms with E-state index in [2.05, 4.69) is 37.3 Å². The van der Waals surface area contributed by atoms with Gasteiger partial charge < -0.3 is 20.7 Å². The van der Waals surface area contributed by atoms with Gasteiger partial charge in [0.05, 0.1) is 6.20 Å². The van der Waals surface area contributed by atoms with Crippen LogP contribution in [0, 0.1) is 11.8 Å². The number of amides is 1. The minimum absolute atomic E-state index is 0.0443. The smallest absolute Gasteiger partial charge is 0.434 e. The number of fused-ring (bicyclic) bond motifs is 1. The van der Waals surface area contributed by atoms with Gasteiger partial charge in [-0.3, -0.25) is 4.98 Å². The number of hydrogen-bond donors (Lipinski definition) is 2. The zero-order chi connectivity index (χ0) is 29.3. The SMILES string of the molecule is Nc1nc(N2CC3C(C2)C3(COC(=O)NCc2ccccc2)c2ccccc2)cnc1Sc1cccnc1C(F)(F)F. The van der Waals surface area contributed by atoms with Crippen molar-refractivity contribution < 1.29 is 22.7 Å². The Labute approximate surface area is 244 Å². The summed E-state index contributed by atoms with van der Waals surface area (Å²) < 4.78 is 45.9. The average Bonchev–Trinajstić information content (AvgIpc) is 3.35. The summed E-state index contributed by atoms with van der Waals surface area (Å²) in [5.74, 6) is 1.02. The van der Waals surface area contributed by atoms with Gasteiger partial charge in [0.2, 0.25) is 0 Å². The van der Waals surface area contributed by atoms with Crippen molar-refractivity contribution in [2.24, 2.45) is 11.8 Å². The Balaban J connectivity index is 1.13. The summed E-state index contributed by atoms with van der Waals surface area (Å²) in [5.41, 5.74) is 6.94. The largest absolute Gasteiger partial charge is 0.449 e. The number of carbonyl (C=O) groups excluding carboxylic acids is 1. The lowest BCUT2D eigenvalue weighted by Crippen LogP contribution is -2.35. The Kier molecular flexibility index (Phi) is 7.40. The van der Waals surface area contributed by atoms with Crippen molar-refractivity contribution in [1.29, 1.82) is 0 Å². The van der Waals surface area contributed by atoms with Crippen molar-refractivity contribution >= 4 is 29.5 Å². The summed E-state index contributed by atoms with van der Waals surface area (Å²) in [5, 5.41) is 3.00. The first-order valence-corrected chi connectivity index (χ1v) is 14.1. The zero-order valence-corrected chi connectivity index (χ0v) is 23.1. The number of nitrogens with zero attached hydrogens (tertiary/aromatic N) is 4. The molecule has 2 aromatic heterocycles. The van der Waals surface area contributed by atoms with Crippen LogP contribution in [-0.2, 0) is 22.9 Å². The molecule has 8 nitrogen and oxygen atoms in total. The van der Waals surface area contributed by atoms with Crippen molar-refractivity contribution in [3.63, 3.8) is 0 Å². The second-order valence-electron chi connectivity index (χ2n) is 10.3. The molecular weight excluding hydrogens is 565 g/mol. The summed E-state index contributed by atoms with van der Waals surface area (Å²) in [6.45, 7) is 1.92. The van der Waals surface area contributed by atoms with Crippen LogP contribution < -0.4 is 16.0 Å². The molecule has 4 aromatic rings. The second kappa shape index (κ2) is 11.2. The maximum atomic E-state index is 13.4. The Morgan fingerprint density at radius 1 is 1.02 bits per heavy atom. The van der Waals surface area contributed by atoms with E-state index in [9.17, 15) is 18.0 Å². The fourth-order valence-corrected chi connectivity index (χ4v) is 6.68. The summed E-state index contributed by atoms with van der Waals surface area (Å²) >= 11 is 0.783. The van der Waals surface area contributed by atoms with E-state index in [-0.39, 0.29) is 39.6 Å². The third-order valence-corrected chi connectivity index (χ3v) is 8.95. The predicted molar refractivity (Wildman–Crippen MR) is 152 cm³/mol. The van der Waals surface area contributed by atoms with Crippen LogP contribution in [0.3, 0.4) is 0 Å². The maximum Gasteiger partial charge on any atom is 0.434 e. The van der Waals surface area contributed by atoms with Crippen LogP contribution in [0.5, 0.6) is 0 Å². The Morgan fingerprint density at radius 2 is 1.71 bits per heavy atom. The normalized spacial score (nSPS) is 21.1. The van der Waals surface area contributed by atoms with Crippen LogP contribution in [-0.4, -0.2) is 40.7 Å². The molecule has 1 saturated heterocycles. The molecule has 2 aromatic carbocycles. The first kappa shape index (κ1) is 27.8. The van der Waals surface area contributed by atoms with Crippen LogP contribution in [0.2, 0.25) is 0 Å². The number of rotatable bonds is 8. The molecule has 1 amide bonds. The summed E-state index contributed by atoms with van der Waals surface area (Å²) in [6.07, 6.45) is -2.43. The molecule has 3 N–H and O–H groups in total. The highest BCUT2D eigenvalue weighted by Gasteiger charge is 2.69. The van der Waals surface area contributed by atoms with E-state index >= 15 is 0 Å². The van der Waals surface area contributed by atoms with Gasteiger partial charge in [-0.2, -0.15) is 13.2 Å². The Morgan fingerprint density at radius 3 is 2.38 bits per heavy atom. The second-order valence-corrected chi connectivity index (χ2v) is 11.3. The van der Waals surface area contributed by atoms with Gasteiger partial charge in [-0.25, -0.2) is 14.8 Å². The molecule has 1 saturated carbocycles. The van der Waals surface area contributed by atoms with E-state index in [1.54, 1.807) is 0 Å². The molecule has 12 heteroatoms. The lowest BCUT2D eigenvalue weighted by atomic mass is 9.91. The predicted octanol–water partition coefficient (Wildman–Crippen LogP) is 5.55. The monoisotopic (exact) mass is 592 g/mol. The fraction of sp³-hybridized carbons (Fsp3) is 0.267. The molecule has 6 rings (SSSR count). The molecule has 216 valence electrons. The number of nitrogen functional groups attached to an aromatic ring is 1. The van der Waals surface area contributed by atoms with Crippen LogP contribution in [0.1, 0.15) is 16.8 Å². The number of halogens is 3. The van der Waals surface area contributed by atoms with Crippen molar-refractivity contribution in [3.8, 4) is 0 Å². The number of piperidine rings is 1. The minimum Gasteiger partial charge on any atom is -0.449 e. The van der Waals surface area contributed by atoms with Gasteiger partial charge in [-0.1, -0.05) is 72.4 Å². The first-order valence-electron chi connectivity index (χ1n) is 13.3. The van der Waals surface area contributed by atoms with Crippen LogP contribution in [0.25, 0.3) is 0 Å². The van der Waals surface area contributed by atoms with Gasteiger partial charge in [0, 0.05) is 36.1 Å². The molecule has 1 aliphatic heterocycles. The fourth-order valence-electron chi connectivity index (χ4n) is 5.80. The molecule has 1 aliphatic carbocycles. The van der Waals surface area contributed by atoms with E-state index in [0.717, 1.165) is 29.1 Å². The van der Waals surface area contributed by atoms with Crippen LogP contribution in [0.15, 0.2) is 95.1 Å². The first-order chi connectivity index (χ1) is 20.3. The number of alkyl carbamates (subject to hydrolysis) is 1. The minimum atomic E-state index is -4.60. The number of aromatic nitrogens is 3. The van der Waals surface area contributed by atoms with E-state index < -0.39 is 18.0 Å². The molecule has 0 radical (unpaired) electrons. The lowest BCUT2D eigenvalue weighted by Gasteiger charge is -2.28. The summed E-state index contributed by atoms with van der Waals surface area (Å²) in [6, 6.07) is 22.4. The molecule has 2 fully saturated rings. The van der Waals surface area contributed by atoms with Gasteiger partial charge in [0.1, 0.15) is 17.5 Å². The van der Waals surface area contributed by atoms with E-state index in [0.29, 0.717) is 25.5 Å². The summed E-state index contributed by atoms with van der Waals surface area (Å²) in [7, 11) is 0. The zero-order valence-electron chi connectivity index (χ0n) is 22.3. The molecule has 3 heterocycles. The topological polar surface area (TPSA) is 106 Å². The molecule has 2 unspecified atom stereocenters. The Hall–Kier alpha value is -4.32. The Bertz CT molecular complexity index is 1560. The molecule has 2 aliphatic rings. The van der Waals surface area contributed by atoms with Crippen LogP contribution >= 0.6 is 11.8 Å². The lowest BCUT2D eigenvalue weighted by molar-refractivity contribution is -0.143. The van der Waals surface area contributed by atoms with Gasteiger partial charge in [-0.05, 0) is 35.1 Å². The van der Waals surface area contributed by atoms with Gasteiger partial charge >= 0.3 is 12.3 Å². The molecule has 42 heavy (non-hydrogen) atoms. The standard InChI is InChI=1S/C30H27F3N6O2S/c31-30(32,33)25-23(12-7-13-35-25)42-27-26(34)38-24(15-36-27)39-16-21-22(17-39)29(21,20-10-5-2-6-11-20)18-41-28(40)37-14-19-8-3-1-4-9-19/h1-13,15,21-22H,14,16-18H2,(H2,34,38)(H,37,40). The van der Waals surface area contributed by atoms with Gasteiger partial charge in [0.25, 0.3) is 0 Å². The van der Waals surface area contributed by atoms with Crippen molar-refractivity contribution in [2.75, 3.05) is 30.3 Å². The number of alkyl halides is 3. The van der Waals surface area contributed by atoms with Crippen molar-refractivity contribution in [3.05, 3.63) is 102 Å². The van der Waals surface area contributed by atoms with Gasteiger partial charge in [0.15, 0.2) is 11.5 Å². The number of anilines is 2.